The predicted molar refractivity (Wildman–Crippen MR) is 43.8 cm³/mol. The van der Waals surface area contributed by atoms with Crippen LogP contribution >= 0.6 is 0 Å². The van der Waals surface area contributed by atoms with Crippen LogP contribution in [0.2, 0.25) is 0 Å². The molecular weight excluding hydrogens is 160 g/mol. The van der Waals surface area contributed by atoms with Gasteiger partial charge < -0.3 is 19.7 Å². The maximum atomic E-state index is 10.1. The fraction of sp³-hybridized carbons (Fsp3) is 0.875. The van der Waals surface area contributed by atoms with E-state index in [2.05, 4.69) is 0 Å². The fourth-order valence-electron chi connectivity index (χ4n) is 0.760. The first-order chi connectivity index (χ1) is 5.74. The monoisotopic (exact) mass is 176 g/mol. The highest BCUT2D eigenvalue weighted by molar-refractivity contribution is 5.50. The zero-order valence-electron chi connectivity index (χ0n) is 7.27. The quantitative estimate of drug-likeness (QED) is 0.524. The molecule has 0 aliphatic carbocycles. The van der Waals surface area contributed by atoms with Gasteiger partial charge in [-0.15, -0.1) is 0 Å². The van der Waals surface area contributed by atoms with Crippen molar-refractivity contribution < 1.29 is 19.7 Å². The second-order valence-corrected chi connectivity index (χ2v) is 2.60. The molecule has 72 valence electrons. The lowest BCUT2D eigenvalue weighted by Crippen LogP contribution is -2.24. The second-order valence-electron chi connectivity index (χ2n) is 2.60. The van der Waals surface area contributed by atoms with E-state index in [4.69, 9.17) is 14.9 Å². The summed E-state index contributed by atoms with van der Waals surface area (Å²) in [5.41, 5.74) is 0. The van der Waals surface area contributed by atoms with Gasteiger partial charge in [-0.2, -0.15) is 0 Å². The predicted octanol–water partition coefficient (Wildman–Crippen LogP) is -0.276. The largest absolute Gasteiger partial charge is 0.394 e. The van der Waals surface area contributed by atoms with Crippen molar-refractivity contribution in [3.63, 3.8) is 0 Å². The summed E-state index contributed by atoms with van der Waals surface area (Å²) in [5, 5.41) is 17.4. The molecule has 0 aromatic carbocycles. The highest BCUT2D eigenvalue weighted by Gasteiger charge is 2.08. The van der Waals surface area contributed by atoms with E-state index in [9.17, 15) is 4.79 Å². The molecule has 0 fully saturated rings. The number of hydrogen-bond acceptors (Lipinski definition) is 4. The molecule has 0 bridgehead atoms. The third-order valence-electron chi connectivity index (χ3n) is 1.55. The Labute approximate surface area is 72.2 Å². The lowest BCUT2D eigenvalue weighted by Gasteiger charge is -2.15. The van der Waals surface area contributed by atoms with Gasteiger partial charge in [0.05, 0.1) is 19.3 Å². The van der Waals surface area contributed by atoms with Gasteiger partial charge in [-0.05, 0) is 6.42 Å². The molecule has 2 N–H and O–H groups in total. The summed E-state index contributed by atoms with van der Waals surface area (Å²) in [6.45, 7) is 1.68. The van der Waals surface area contributed by atoms with E-state index in [1.165, 1.54) is 0 Å². The Kier molecular flexibility index (Phi) is 6.94. The summed E-state index contributed by atoms with van der Waals surface area (Å²) < 4.78 is 5.14. The highest BCUT2D eigenvalue weighted by atomic mass is 16.5. The van der Waals surface area contributed by atoms with Crippen LogP contribution in [0, 0.1) is 0 Å². The Balaban J connectivity index is 3.49. The van der Waals surface area contributed by atoms with Gasteiger partial charge in [0.1, 0.15) is 12.4 Å². The standard InChI is InChI=1S/C8H16O4/c1-2-8(3-4-9)12-6-7(11)5-10/h4,7-8,10-11H,2-3,5-6H2,1H3. The minimum atomic E-state index is -0.842. The number of hydrogen-bond donors (Lipinski definition) is 2. The Morgan fingerprint density at radius 2 is 2.25 bits per heavy atom. The second kappa shape index (κ2) is 7.21. The summed E-state index contributed by atoms with van der Waals surface area (Å²) in [5.74, 6) is 0. The van der Waals surface area contributed by atoms with Gasteiger partial charge in [-0.25, -0.2) is 0 Å². The van der Waals surface area contributed by atoms with Crippen LogP contribution in [-0.4, -0.2) is 41.9 Å². The summed E-state index contributed by atoms with van der Waals surface area (Å²) in [7, 11) is 0. The molecule has 0 heterocycles. The Morgan fingerprint density at radius 1 is 1.58 bits per heavy atom. The van der Waals surface area contributed by atoms with Crippen LogP contribution < -0.4 is 0 Å². The normalized spacial score (nSPS) is 15.6. The van der Waals surface area contributed by atoms with Crippen molar-refractivity contribution in [3.8, 4) is 0 Å². The molecule has 4 nitrogen and oxygen atoms in total. The maximum absolute atomic E-state index is 10.1. The van der Waals surface area contributed by atoms with E-state index in [1.807, 2.05) is 6.92 Å². The average Bonchev–Trinajstić information content (AvgIpc) is 2.11. The molecule has 0 saturated carbocycles. The molecule has 0 saturated heterocycles. The van der Waals surface area contributed by atoms with E-state index in [0.29, 0.717) is 6.42 Å². The van der Waals surface area contributed by atoms with Crippen molar-refractivity contribution in [1.82, 2.24) is 0 Å². The lowest BCUT2D eigenvalue weighted by molar-refractivity contribution is -0.111. The van der Waals surface area contributed by atoms with Gasteiger partial charge >= 0.3 is 0 Å². The van der Waals surface area contributed by atoms with E-state index in [0.717, 1.165) is 12.7 Å². The molecule has 0 aliphatic rings. The Morgan fingerprint density at radius 3 is 2.67 bits per heavy atom. The smallest absolute Gasteiger partial charge is 0.122 e. The molecule has 0 radical (unpaired) electrons. The van der Waals surface area contributed by atoms with Gasteiger partial charge in [0.2, 0.25) is 0 Å². The number of aldehydes is 1. The first-order valence-electron chi connectivity index (χ1n) is 4.08. The summed E-state index contributed by atoms with van der Waals surface area (Å²) in [6, 6.07) is 0. The SMILES string of the molecule is CCC(CC=O)OCC(O)CO. The van der Waals surface area contributed by atoms with Gasteiger partial charge in [0, 0.05) is 6.42 Å². The number of ether oxygens (including phenoxy) is 1. The van der Waals surface area contributed by atoms with Crippen molar-refractivity contribution in [2.45, 2.75) is 32.0 Å². The molecule has 0 aromatic heterocycles. The van der Waals surface area contributed by atoms with Crippen LogP contribution in [0.4, 0.5) is 0 Å². The summed E-state index contributed by atoms with van der Waals surface area (Å²) >= 11 is 0. The Bertz CT molecular complexity index is 116. The Hall–Kier alpha value is -0.450. The fourth-order valence-corrected chi connectivity index (χ4v) is 0.760. The van der Waals surface area contributed by atoms with E-state index in [-0.39, 0.29) is 19.3 Å². The van der Waals surface area contributed by atoms with E-state index in [1.54, 1.807) is 0 Å². The number of aliphatic hydroxyl groups is 2. The minimum absolute atomic E-state index is 0.0862. The zero-order valence-corrected chi connectivity index (χ0v) is 7.27. The van der Waals surface area contributed by atoms with Crippen LogP contribution in [0.15, 0.2) is 0 Å². The van der Waals surface area contributed by atoms with Gasteiger partial charge in [-0.3, -0.25) is 0 Å². The van der Waals surface area contributed by atoms with Crippen LogP contribution in [0.25, 0.3) is 0 Å². The number of aliphatic hydroxyl groups excluding tert-OH is 2. The van der Waals surface area contributed by atoms with Gasteiger partial charge in [0.15, 0.2) is 0 Å². The van der Waals surface area contributed by atoms with Crippen LogP contribution in [0.5, 0.6) is 0 Å². The first kappa shape index (κ1) is 11.6. The summed E-state index contributed by atoms with van der Waals surface area (Å²) in [6.07, 6.45) is 0.889. The molecule has 0 amide bonds. The molecule has 2 atom stereocenters. The molecule has 4 heteroatoms. The molecule has 0 spiro atoms. The molecule has 12 heavy (non-hydrogen) atoms. The van der Waals surface area contributed by atoms with E-state index >= 15 is 0 Å². The van der Waals surface area contributed by atoms with E-state index < -0.39 is 6.10 Å². The van der Waals surface area contributed by atoms with Crippen LogP contribution in [-0.2, 0) is 9.53 Å². The lowest BCUT2D eigenvalue weighted by atomic mass is 10.2. The first-order valence-corrected chi connectivity index (χ1v) is 4.08. The third-order valence-corrected chi connectivity index (χ3v) is 1.55. The van der Waals surface area contributed by atoms with Gasteiger partial charge in [0.25, 0.3) is 0 Å². The topological polar surface area (TPSA) is 66.8 Å². The zero-order chi connectivity index (χ0) is 9.40. The number of rotatable bonds is 7. The molecule has 0 aromatic rings. The maximum Gasteiger partial charge on any atom is 0.122 e. The third kappa shape index (κ3) is 5.23. The van der Waals surface area contributed by atoms with Crippen molar-refractivity contribution >= 4 is 6.29 Å². The van der Waals surface area contributed by atoms with Crippen LogP contribution in [0.1, 0.15) is 19.8 Å². The van der Waals surface area contributed by atoms with Crippen molar-refractivity contribution in [3.05, 3.63) is 0 Å². The van der Waals surface area contributed by atoms with Crippen LogP contribution in [0.3, 0.4) is 0 Å². The molecular formula is C8H16O4. The van der Waals surface area contributed by atoms with Gasteiger partial charge in [-0.1, -0.05) is 6.92 Å². The minimum Gasteiger partial charge on any atom is -0.394 e. The molecule has 0 aliphatic heterocycles. The van der Waals surface area contributed by atoms with Crippen molar-refractivity contribution in [1.29, 1.82) is 0 Å². The average molecular weight is 176 g/mol. The van der Waals surface area contributed by atoms with Crippen molar-refractivity contribution in [2.24, 2.45) is 0 Å². The highest BCUT2D eigenvalue weighted by Crippen LogP contribution is 2.01. The van der Waals surface area contributed by atoms with Crippen molar-refractivity contribution in [2.75, 3.05) is 13.2 Å². The number of carbonyl (C=O) groups is 1. The number of carbonyl (C=O) groups excluding carboxylic acids is 1. The molecule has 0 rings (SSSR count). The molecule has 2 unspecified atom stereocenters. The summed E-state index contributed by atoms with van der Waals surface area (Å²) in [4.78, 5) is 10.1.